The molecule has 0 saturated carbocycles. The van der Waals surface area contributed by atoms with Gasteiger partial charge in [0.15, 0.2) is 0 Å². The van der Waals surface area contributed by atoms with Gasteiger partial charge in [-0.05, 0) is 129 Å². The Balaban J connectivity index is 1.10. The van der Waals surface area contributed by atoms with Gasteiger partial charge in [0.25, 0.3) is 0 Å². The zero-order valence-corrected chi connectivity index (χ0v) is 36.5. The molecule has 322 valence electrons. The first-order chi connectivity index (χ1) is 40.5. The minimum absolute atomic E-state index is 0.0769. The van der Waals surface area contributed by atoms with Crippen molar-refractivity contribution in [3.8, 4) is 61.6 Å². The van der Waals surface area contributed by atoms with Crippen LogP contribution in [0.1, 0.15) is 20.6 Å². The predicted molar refractivity (Wildman–Crippen MR) is 291 cm³/mol. The second kappa shape index (κ2) is 15.7. The van der Waals surface area contributed by atoms with Crippen LogP contribution in [0.3, 0.4) is 0 Å². The number of aromatic nitrogens is 3. The molecule has 3 nitrogen and oxygen atoms in total. The molecule has 14 aromatic rings. The van der Waals surface area contributed by atoms with E-state index in [1.165, 1.54) is 12.1 Å². The van der Waals surface area contributed by atoms with Crippen LogP contribution in [0.5, 0.6) is 0 Å². The number of hydrogen-bond donors (Lipinski definition) is 0. The summed E-state index contributed by atoms with van der Waals surface area (Å²) in [5, 5.41) is 6.23. The lowest BCUT2D eigenvalue weighted by molar-refractivity contribution is 1.16. The van der Waals surface area contributed by atoms with Gasteiger partial charge in [-0.3, -0.25) is 0 Å². The number of rotatable bonds is 7. The van der Waals surface area contributed by atoms with Gasteiger partial charge in [-0.1, -0.05) is 176 Å². The Bertz CT molecular complexity index is 4770. The molecule has 14 rings (SSSR count). The summed E-state index contributed by atoms with van der Waals surface area (Å²) in [6.07, 6.45) is 0. The van der Waals surface area contributed by atoms with Gasteiger partial charge in [0.1, 0.15) is 0 Å². The van der Waals surface area contributed by atoms with E-state index in [-0.39, 0.29) is 38.9 Å². The maximum Gasteiger partial charge on any atom is 0.0629 e. The van der Waals surface area contributed by atoms with Crippen LogP contribution >= 0.6 is 0 Å². The fourth-order valence-corrected chi connectivity index (χ4v) is 10.4. The second-order valence-electron chi connectivity index (χ2n) is 17.0. The molecule has 3 heterocycles. The summed E-state index contributed by atoms with van der Waals surface area (Å²) in [6, 6.07) is 46.0. The van der Waals surface area contributed by atoms with Crippen molar-refractivity contribution in [3.63, 3.8) is 0 Å². The van der Waals surface area contributed by atoms with Crippen molar-refractivity contribution in [1.29, 1.82) is 0 Å². The molecule has 0 unspecified atom stereocenters. The zero-order chi connectivity index (χ0) is 58.5. The Kier molecular flexibility index (Phi) is 6.12. The van der Waals surface area contributed by atoms with Gasteiger partial charge in [0, 0.05) is 49.4 Å². The number of para-hydroxylation sites is 4. The highest BCUT2D eigenvalue weighted by Gasteiger charge is 2.21. The highest BCUT2D eigenvalue weighted by molar-refractivity contribution is 6.14. The first-order valence-corrected chi connectivity index (χ1v) is 22.5. The van der Waals surface area contributed by atoms with Gasteiger partial charge in [-0.15, -0.1) is 0 Å². The molecule has 0 saturated heterocycles. The first kappa shape index (κ1) is 26.8. The molecule has 11 aromatic carbocycles. The molecular formula is C66H43N3. The Morgan fingerprint density at radius 1 is 0.246 bits per heavy atom. The van der Waals surface area contributed by atoms with Gasteiger partial charge >= 0.3 is 0 Å². The fourth-order valence-electron chi connectivity index (χ4n) is 10.4. The summed E-state index contributed by atoms with van der Waals surface area (Å²) < 4.78 is 141. The average molecular weight is 893 g/mol. The Morgan fingerprint density at radius 2 is 0.609 bits per heavy atom. The van der Waals surface area contributed by atoms with Crippen LogP contribution in [0.2, 0.25) is 0 Å². The molecule has 69 heavy (non-hydrogen) atoms. The Morgan fingerprint density at radius 3 is 1.03 bits per heavy atom. The van der Waals surface area contributed by atoms with Gasteiger partial charge < -0.3 is 13.7 Å². The van der Waals surface area contributed by atoms with Crippen molar-refractivity contribution in [2.45, 2.75) is 0 Å². The summed E-state index contributed by atoms with van der Waals surface area (Å²) >= 11 is 0. The topological polar surface area (TPSA) is 14.8 Å². The van der Waals surface area contributed by atoms with Crippen molar-refractivity contribution in [2.75, 3.05) is 0 Å². The van der Waals surface area contributed by atoms with E-state index < -0.39 is 90.6 Å². The highest BCUT2D eigenvalue weighted by atomic mass is 15.0. The van der Waals surface area contributed by atoms with Crippen LogP contribution in [0.4, 0.5) is 0 Å². The highest BCUT2D eigenvalue weighted by Crippen LogP contribution is 2.45. The lowest BCUT2D eigenvalue weighted by Gasteiger charge is -2.20. The molecule has 0 amide bonds. The molecule has 0 aliphatic rings. The van der Waals surface area contributed by atoms with Gasteiger partial charge in [-0.2, -0.15) is 0 Å². The van der Waals surface area contributed by atoms with Gasteiger partial charge in [0.05, 0.1) is 53.7 Å². The lowest BCUT2D eigenvalue weighted by Crippen LogP contribution is -1.98. The van der Waals surface area contributed by atoms with Crippen LogP contribution in [0.15, 0.2) is 260 Å². The van der Waals surface area contributed by atoms with E-state index in [2.05, 4.69) is 98.6 Å². The summed E-state index contributed by atoms with van der Waals surface area (Å²) in [5.41, 5.74) is 7.27. The zero-order valence-electron chi connectivity index (χ0n) is 51.5. The molecule has 0 N–H and O–H groups in total. The average Bonchev–Trinajstić information content (AvgIpc) is 2.55. The van der Waals surface area contributed by atoms with Gasteiger partial charge in [-0.25, -0.2) is 0 Å². The van der Waals surface area contributed by atoms with Crippen LogP contribution in [0.25, 0.3) is 127 Å². The maximum absolute atomic E-state index is 9.40. The summed E-state index contributed by atoms with van der Waals surface area (Å²) in [4.78, 5) is 0. The molecule has 0 radical (unpaired) electrons. The van der Waals surface area contributed by atoms with E-state index >= 15 is 0 Å². The molecule has 0 atom stereocenters. The molecule has 3 heteroatoms. The third-order valence-electron chi connectivity index (χ3n) is 13.3. The van der Waals surface area contributed by atoms with Crippen molar-refractivity contribution in [3.05, 3.63) is 260 Å². The summed E-state index contributed by atoms with van der Waals surface area (Å²) in [6.45, 7) is 0. The Labute approximate surface area is 420 Å². The minimum atomic E-state index is -0.686. The molecule has 0 aliphatic carbocycles. The molecule has 0 aliphatic heterocycles. The van der Waals surface area contributed by atoms with Crippen molar-refractivity contribution < 1.29 is 20.6 Å². The van der Waals surface area contributed by atoms with Crippen LogP contribution in [0, 0.1) is 0 Å². The van der Waals surface area contributed by atoms with E-state index in [1.807, 2.05) is 60.7 Å². The number of hydrogen-bond acceptors (Lipinski definition) is 0. The van der Waals surface area contributed by atoms with E-state index in [0.29, 0.717) is 11.3 Å². The quantitative estimate of drug-likeness (QED) is 0.151. The normalized spacial score (nSPS) is 14.8. The van der Waals surface area contributed by atoms with Crippen molar-refractivity contribution >= 4 is 65.4 Å². The lowest BCUT2D eigenvalue weighted by atomic mass is 9.84. The third-order valence-corrected chi connectivity index (χ3v) is 13.3. The smallest absolute Gasteiger partial charge is 0.0629 e. The van der Waals surface area contributed by atoms with E-state index in [9.17, 15) is 5.48 Å². The standard InChI is InChI=1S/C66H43N3/c1-4-19-44(20-5-1)48-40-56(45-21-6-2-7-22-45)66(57(41-48)46-23-8-3-9-24-46)47-25-18-26-49(39-47)67-64-37-35-50(68-60-31-14-10-27-52(60)53-28-11-15-32-61(53)68)42-58(64)59-43-51(36-38-65(59)67)69-62-33-16-12-29-54(62)55-30-13-17-34-63(55)69/h1-43H/i1D,2D,3D,4D,5D,6D,7D,8D,9D,19D,20D,21D,22D,23D,24D. The van der Waals surface area contributed by atoms with Crippen LogP contribution < -0.4 is 0 Å². The van der Waals surface area contributed by atoms with Gasteiger partial charge in [0.2, 0.25) is 0 Å². The van der Waals surface area contributed by atoms with E-state index in [4.69, 9.17) is 15.1 Å². The molecular weight excluding hydrogens is 835 g/mol. The fraction of sp³-hybridized carbons (Fsp3) is 0. The number of fused-ring (bicyclic) bond motifs is 9. The van der Waals surface area contributed by atoms with Crippen molar-refractivity contribution in [1.82, 2.24) is 13.7 Å². The summed E-state index contributed by atoms with van der Waals surface area (Å²) in [7, 11) is 0. The maximum atomic E-state index is 9.40. The van der Waals surface area contributed by atoms with E-state index in [0.717, 1.165) is 76.8 Å². The molecule has 0 fully saturated rings. The van der Waals surface area contributed by atoms with Crippen LogP contribution in [-0.4, -0.2) is 13.7 Å². The number of nitrogens with zero attached hydrogens (tertiary/aromatic N) is 3. The second-order valence-corrected chi connectivity index (χ2v) is 17.0. The molecule has 0 bridgehead atoms. The molecule has 3 aromatic heterocycles. The van der Waals surface area contributed by atoms with Crippen molar-refractivity contribution in [2.24, 2.45) is 0 Å². The van der Waals surface area contributed by atoms with E-state index in [1.54, 1.807) is 12.1 Å². The molecule has 0 spiro atoms. The van der Waals surface area contributed by atoms with Crippen LogP contribution in [-0.2, 0) is 0 Å². The monoisotopic (exact) mass is 892 g/mol. The predicted octanol–water partition coefficient (Wildman–Crippen LogP) is 17.6. The largest absolute Gasteiger partial charge is 0.309 e. The number of benzene rings is 11. The SMILES string of the molecule is [2H]c1c([2H])c([2H])c(-c2cc(-c3c([2H])c([2H])c([2H])c([2H])c3[2H])c(-c3cccc(-n4c5ccc(-n6c7ccccc7c7ccccc76)cc5c5cc(-n6c7ccccc7c7ccccc76)ccc54)c3)c(-c3c([2H])c([2H])c([2H])c([2H])c3[2H])c2)c([2H])c1[2H]. The summed E-state index contributed by atoms with van der Waals surface area (Å²) in [5.74, 6) is 0. The Hall–Kier alpha value is -9.18. The first-order valence-electron chi connectivity index (χ1n) is 30.0. The third kappa shape index (κ3) is 6.21. The minimum Gasteiger partial charge on any atom is -0.309 e.